The maximum atomic E-state index is 13.2. The summed E-state index contributed by atoms with van der Waals surface area (Å²) in [5, 5.41) is 2.75. The molecule has 0 unspecified atom stereocenters. The SMILES string of the molecule is Cc1cccc(-c2ccnc(Nc3cc(C(=O)Cc4ccc(Cl)c(C(F)(F)F)c4)ccc3C)n2)c1. The first kappa shape index (κ1) is 24.4. The number of hydrogen-bond donors (Lipinski definition) is 1. The molecule has 0 bridgehead atoms. The smallest absolute Gasteiger partial charge is 0.324 e. The van der Waals surface area contributed by atoms with Crippen molar-refractivity contribution in [3.05, 3.63) is 106 Å². The van der Waals surface area contributed by atoms with Crippen molar-refractivity contribution in [1.29, 1.82) is 0 Å². The lowest BCUT2D eigenvalue weighted by atomic mass is 9.99. The van der Waals surface area contributed by atoms with Gasteiger partial charge in [0.05, 0.1) is 16.3 Å². The van der Waals surface area contributed by atoms with Gasteiger partial charge in [0.15, 0.2) is 5.78 Å². The second kappa shape index (κ2) is 9.88. The number of aryl methyl sites for hydroxylation is 2. The molecule has 0 radical (unpaired) electrons. The molecule has 3 aromatic carbocycles. The standard InChI is InChI=1S/C27H21ClF3N3O/c1-16-4-3-5-19(12-16)23-10-11-32-26(33-23)34-24-15-20(8-6-17(24)2)25(35)14-18-7-9-22(28)21(13-18)27(29,30)31/h3-13,15H,14H2,1-2H3,(H,32,33,34). The van der Waals surface area contributed by atoms with Crippen LogP contribution < -0.4 is 5.32 Å². The number of benzene rings is 3. The van der Waals surface area contributed by atoms with E-state index in [0.29, 0.717) is 17.2 Å². The van der Waals surface area contributed by atoms with Gasteiger partial charge in [0.2, 0.25) is 5.95 Å². The number of nitrogens with zero attached hydrogens (tertiary/aromatic N) is 2. The minimum absolute atomic E-state index is 0.192. The number of anilines is 2. The van der Waals surface area contributed by atoms with Gasteiger partial charge in [-0.25, -0.2) is 9.97 Å². The van der Waals surface area contributed by atoms with Gasteiger partial charge in [-0.1, -0.05) is 53.6 Å². The average molecular weight is 496 g/mol. The molecular formula is C27H21ClF3N3O. The van der Waals surface area contributed by atoms with Crippen molar-refractivity contribution in [2.75, 3.05) is 5.32 Å². The summed E-state index contributed by atoms with van der Waals surface area (Å²) in [6.07, 6.45) is -3.14. The van der Waals surface area contributed by atoms with Gasteiger partial charge < -0.3 is 5.32 Å². The van der Waals surface area contributed by atoms with E-state index < -0.39 is 16.8 Å². The van der Waals surface area contributed by atoms with Crippen molar-refractivity contribution in [3.8, 4) is 11.3 Å². The quantitative estimate of drug-likeness (QED) is 0.280. The van der Waals surface area contributed by atoms with Crippen molar-refractivity contribution >= 4 is 29.0 Å². The van der Waals surface area contributed by atoms with Gasteiger partial charge in [-0.2, -0.15) is 13.2 Å². The van der Waals surface area contributed by atoms with Gasteiger partial charge in [-0.05, 0) is 55.3 Å². The van der Waals surface area contributed by atoms with Gasteiger partial charge >= 0.3 is 6.18 Å². The molecule has 0 saturated heterocycles. The van der Waals surface area contributed by atoms with Gasteiger partial charge in [0.25, 0.3) is 0 Å². The monoisotopic (exact) mass is 495 g/mol. The normalized spacial score (nSPS) is 11.4. The fraction of sp³-hybridized carbons (Fsp3) is 0.148. The summed E-state index contributed by atoms with van der Waals surface area (Å²) in [6.45, 7) is 3.87. The molecule has 1 aromatic heterocycles. The summed E-state index contributed by atoms with van der Waals surface area (Å²) >= 11 is 5.68. The van der Waals surface area contributed by atoms with E-state index in [2.05, 4.69) is 15.3 Å². The predicted molar refractivity (Wildman–Crippen MR) is 131 cm³/mol. The van der Waals surface area contributed by atoms with Crippen molar-refractivity contribution in [1.82, 2.24) is 9.97 Å². The topological polar surface area (TPSA) is 54.9 Å². The number of Topliss-reactive ketones (excluding diaryl/α,β-unsaturated/α-hetero) is 1. The van der Waals surface area contributed by atoms with E-state index in [-0.39, 0.29) is 17.8 Å². The number of aromatic nitrogens is 2. The van der Waals surface area contributed by atoms with Gasteiger partial charge in [-0.3, -0.25) is 4.79 Å². The van der Waals surface area contributed by atoms with Crippen LogP contribution in [-0.4, -0.2) is 15.8 Å². The molecule has 0 spiro atoms. The molecule has 0 aliphatic carbocycles. The van der Waals surface area contributed by atoms with Crippen molar-refractivity contribution in [2.45, 2.75) is 26.4 Å². The number of carbonyl (C=O) groups excluding carboxylic acids is 1. The lowest BCUT2D eigenvalue weighted by Crippen LogP contribution is -2.09. The maximum Gasteiger partial charge on any atom is 0.417 e. The first-order valence-electron chi connectivity index (χ1n) is 10.8. The fourth-order valence-electron chi connectivity index (χ4n) is 3.62. The highest BCUT2D eigenvalue weighted by Crippen LogP contribution is 2.35. The summed E-state index contributed by atoms with van der Waals surface area (Å²) in [5.41, 5.74) is 3.94. The second-order valence-corrected chi connectivity index (χ2v) is 8.61. The molecule has 0 saturated carbocycles. The molecule has 0 amide bonds. The molecule has 0 fully saturated rings. The van der Waals surface area contributed by atoms with Gasteiger partial charge in [0, 0.05) is 29.4 Å². The zero-order chi connectivity index (χ0) is 25.2. The minimum atomic E-state index is -4.59. The van der Waals surface area contributed by atoms with E-state index in [9.17, 15) is 18.0 Å². The number of nitrogens with one attached hydrogen (secondary N) is 1. The van der Waals surface area contributed by atoms with Crippen LogP contribution in [0.4, 0.5) is 24.8 Å². The van der Waals surface area contributed by atoms with Crippen LogP contribution in [0.25, 0.3) is 11.3 Å². The molecule has 1 N–H and O–H groups in total. The Labute approximate surface area is 205 Å². The van der Waals surface area contributed by atoms with E-state index in [1.54, 1.807) is 24.4 Å². The molecule has 0 aliphatic heterocycles. The van der Waals surface area contributed by atoms with E-state index in [4.69, 9.17) is 11.6 Å². The lowest BCUT2D eigenvalue weighted by Gasteiger charge is -2.12. The highest BCUT2D eigenvalue weighted by Gasteiger charge is 2.33. The van der Waals surface area contributed by atoms with Crippen molar-refractivity contribution in [3.63, 3.8) is 0 Å². The molecule has 0 atom stereocenters. The summed E-state index contributed by atoms with van der Waals surface area (Å²) in [5.74, 6) is 0.0437. The third-order valence-corrected chi connectivity index (χ3v) is 5.81. The zero-order valence-electron chi connectivity index (χ0n) is 18.9. The Bertz CT molecular complexity index is 1400. The van der Waals surface area contributed by atoms with Crippen LogP contribution in [0.1, 0.15) is 32.6 Å². The Balaban J connectivity index is 1.56. The Morgan fingerprint density at radius 2 is 1.80 bits per heavy atom. The Morgan fingerprint density at radius 1 is 1.00 bits per heavy atom. The van der Waals surface area contributed by atoms with Crippen molar-refractivity contribution in [2.24, 2.45) is 0 Å². The Morgan fingerprint density at radius 3 is 2.54 bits per heavy atom. The first-order chi connectivity index (χ1) is 16.6. The van der Waals surface area contributed by atoms with Gasteiger partial charge in [-0.15, -0.1) is 0 Å². The predicted octanol–water partition coefficient (Wildman–Crippen LogP) is 7.60. The van der Waals surface area contributed by atoms with Gasteiger partial charge in [0.1, 0.15) is 0 Å². The second-order valence-electron chi connectivity index (χ2n) is 8.20. The summed E-state index contributed by atoms with van der Waals surface area (Å²) in [6, 6.07) is 18.3. The highest BCUT2D eigenvalue weighted by atomic mass is 35.5. The first-order valence-corrected chi connectivity index (χ1v) is 11.1. The van der Waals surface area contributed by atoms with E-state index in [1.165, 1.54) is 6.07 Å². The number of alkyl halides is 3. The Kier molecular flexibility index (Phi) is 6.89. The van der Waals surface area contributed by atoms with E-state index in [1.807, 2.05) is 44.2 Å². The third kappa shape index (κ3) is 5.87. The number of hydrogen-bond acceptors (Lipinski definition) is 4. The molecule has 4 nitrogen and oxygen atoms in total. The van der Waals surface area contributed by atoms with Crippen LogP contribution in [0.2, 0.25) is 5.02 Å². The fourth-order valence-corrected chi connectivity index (χ4v) is 3.85. The molecule has 0 aliphatic rings. The maximum absolute atomic E-state index is 13.2. The molecule has 8 heteroatoms. The summed E-state index contributed by atoms with van der Waals surface area (Å²) < 4.78 is 39.5. The largest absolute Gasteiger partial charge is 0.417 e. The molecule has 1 heterocycles. The summed E-state index contributed by atoms with van der Waals surface area (Å²) in [7, 11) is 0. The van der Waals surface area contributed by atoms with Crippen LogP contribution in [0.15, 0.2) is 72.9 Å². The van der Waals surface area contributed by atoms with Crippen LogP contribution in [0.5, 0.6) is 0 Å². The number of rotatable bonds is 6. The van der Waals surface area contributed by atoms with Crippen molar-refractivity contribution < 1.29 is 18.0 Å². The van der Waals surface area contributed by atoms with E-state index in [0.717, 1.165) is 34.5 Å². The molecule has 35 heavy (non-hydrogen) atoms. The minimum Gasteiger partial charge on any atom is -0.324 e. The molecule has 4 rings (SSSR count). The number of halogens is 4. The summed E-state index contributed by atoms with van der Waals surface area (Å²) in [4.78, 5) is 21.7. The number of ketones is 1. The molecular weight excluding hydrogens is 475 g/mol. The van der Waals surface area contributed by atoms with Crippen LogP contribution >= 0.6 is 11.6 Å². The lowest BCUT2D eigenvalue weighted by molar-refractivity contribution is -0.137. The highest BCUT2D eigenvalue weighted by molar-refractivity contribution is 6.31. The third-order valence-electron chi connectivity index (χ3n) is 5.48. The average Bonchev–Trinajstić information content (AvgIpc) is 2.81. The zero-order valence-corrected chi connectivity index (χ0v) is 19.7. The van der Waals surface area contributed by atoms with E-state index >= 15 is 0 Å². The molecule has 178 valence electrons. The number of carbonyl (C=O) groups is 1. The Hall–Kier alpha value is -3.71. The van der Waals surface area contributed by atoms with Crippen LogP contribution in [-0.2, 0) is 12.6 Å². The van der Waals surface area contributed by atoms with Crippen LogP contribution in [0.3, 0.4) is 0 Å². The van der Waals surface area contributed by atoms with Crippen LogP contribution in [0, 0.1) is 13.8 Å². The molecule has 4 aromatic rings.